The first-order chi connectivity index (χ1) is 13.4. The standard InChI is InChI=1S/C20H21N3O3S2/c1-12-17(19(25)26-3)18(22-20(27)23(12)2)13-6-4-7-14(10-13)21-16(24)11-15-8-5-9-28-15/h4-10,18H,11H2,1-3H3,(H,21,24)(H,22,27)/t18-/m0/s1. The third kappa shape index (κ3) is 4.23. The molecule has 0 unspecified atom stereocenters. The van der Waals surface area contributed by atoms with Gasteiger partial charge in [-0.15, -0.1) is 11.3 Å². The number of nitrogens with one attached hydrogen (secondary N) is 2. The maximum absolute atomic E-state index is 12.4. The number of thiophene rings is 1. The fourth-order valence-corrected chi connectivity index (χ4v) is 3.99. The molecule has 0 saturated carbocycles. The van der Waals surface area contributed by atoms with Crippen molar-refractivity contribution in [1.29, 1.82) is 0 Å². The quantitative estimate of drug-likeness (QED) is 0.577. The fraction of sp³-hybridized carbons (Fsp3) is 0.250. The zero-order valence-corrected chi connectivity index (χ0v) is 17.4. The molecule has 1 amide bonds. The van der Waals surface area contributed by atoms with Crippen molar-refractivity contribution < 1.29 is 14.3 Å². The first-order valence-electron chi connectivity index (χ1n) is 8.66. The molecule has 1 aliphatic heterocycles. The lowest BCUT2D eigenvalue weighted by Crippen LogP contribution is -2.46. The third-order valence-corrected chi connectivity index (χ3v) is 5.85. The van der Waals surface area contributed by atoms with E-state index in [1.807, 2.05) is 48.7 Å². The molecule has 1 aromatic carbocycles. The van der Waals surface area contributed by atoms with Crippen LogP contribution in [-0.2, 0) is 20.7 Å². The van der Waals surface area contributed by atoms with Gasteiger partial charge in [-0.2, -0.15) is 0 Å². The second-order valence-electron chi connectivity index (χ2n) is 6.36. The number of nitrogens with zero attached hydrogens (tertiary/aromatic N) is 1. The Morgan fingerprint density at radius 2 is 2.11 bits per heavy atom. The SMILES string of the molecule is COC(=O)C1=C(C)N(C)C(=S)N[C@H]1c1cccc(NC(=O)Cc2cccs2)c1. The lowest BCUT2D eigenvalue weighted by molar-refractivity contribution is -0.136. The van der Waals surface area contributed by atoms with Crippen LogP contribution >= 0.6 is 23.6 Å². The van der Waals surface area contributed by atoms with Gasteiger partial charge in [0.1, 0.15) is 0 Å². The van der Waals surface area contributed by atoms with Crippen LogP contribution in [0.3, 0.4) is 0 Å². The average molecular weight is 416 g/mol. The molecular weight excluding hydrogens is 394 g/mol. The van der Waals surface area contributed by atoms with Crippen LogP contribution in [0.2, 0.25) is 0 Å². The van der Waals surface area contributed by atoms with E-state index in [2.05, 4.69) is 10.6 Å². The minimum Gasteiger partial charge on any atom is -0.466 e. The molecule has 8 heteroatoms. The third-order valence-electron chi connectivity index (χ3n) is 4.58. The maximum atomic E-state index is 12.4. The molecule has 0 bridgehead atoms. The van der Waals surface area contributed by atoms with E-state index in [1.54, 1.807) is 23.3 Å². The monoisotopic (exact) mass is 415 g/mol. The van der Waals surface area contributed by atoms with E-state index in [0.29, 0.717) is 22.8 Å². The lowest BCUT2D eigenvalue weighted by Gasteiger charge is -2.35. The average Bonchev–Trinajstić information content (AvgIpc) is 3.18. The predicted octanol–water partition coefficient (Wildman–Crippen LogP) is 3.24. The van der Waals surface area contributed by atoms with Gasteiger partial charge < -0.3 is 20.3 Å². The van der Waals surface area contributed by atoms with Gasteiger partial charge in [0.2, 0.25) is 5.91 Å². The summed E-state index contributed by atoms with van der Waals surface area (Å²) < 4.78 is 4.97. The van der Waals surface area contributed by atoms with Gasteiger partial charge in [-0.05, 0) is 48.3 Å². The van der Waals surface area contributed by atoms with E-state index in [9.17, 15) is 9.59 Å². The predicted molar refractivity (Wildman–Crippen MR) is 114 cm³/mol. The van der Waals surface area contributed by atoms with Gasteiger partial charge in [-0.1, -0.05) is 18.2 Å². The van der Waals surface area contributed by atoms with Crippen molar-refractivity contribution in [2.75, 3.05) is 19.5 Å². The van der Waals surface area contributed by atoms with Crippen molar-refractivity contribution in [3.63, 3.8) is 0 Å². The second kappa shape index (κ2) is 8.53. The maximum Gasteiger partial charge on any atom is 0.337 e. The number of carbonyl (C=O) groups excluding carboxylic acids is 2. The first kappa shape index (κ1) is 20.0. The molecule has 6 nitrogen and oxygen atoms in total. The molecule has 0 spiro atoms. The summed E-state index contributed by atoms with van der Waals surface area (Å²) in [5.74, 6) is -0.511. The molecule has 0 radical (unpaired) electrons. The second-order valence-corrected chi connectivity index (χ2v) is 7.78. The van der Waals surface area contributed by atoms with Crippen molar-refractivity contribution >= 4 is 46.2 Å². The number of hydrogen-bond donors (Lipinski definition) is 2. The van der Waals surface area contributed by atoms with Gasteiger partial charge in [0.05, 0.1) is 25.1 Å². The van der Waals surface area contributed by atoms with E-state index < -0.39 is 12.0 Å². The molecule has 1 aromatic heterocycles. The summed E-state index contributed by atoms with van der Waals surface area (Å²) in [4.78, 5) is 27.4. The molecule has 0 saturated heterocycles. The molecule has 3 rings (SSSR count). The Morgan fingerprint density at radius 1 is 1.32 bits per heavy atom. The Morgan fingerprint density at radius 3 is 2.79 bits per heavy atom. The topological polar surface area (TPSA) is 70.7 Å². The molecule has 0 aliphatic carbocycles. The molecule has 0 fully saturated rings. The van der Waals surface area contributed by atoms with E-state index >= 15 is 0 Å². The summed E-state index contributed by atoms with van der Waals surface area (Å²) >= 11 is 6.93. The molecule has 2 heterocycles. The van der Waals surface area contributed by atoms with E-state index in [4.69, 9.17) is 17.0 Å². The number of anilines is 1. The van der Waals surface area contributed by atoms with Crippen molar-refractivity contribution in [3.05, 3.63) is 63.5 Å². The normalized spacial score (nSPS) is 16.6. The lowest BCUT2D eigenvalue weighted by atomic mass is 9.95. The number of benzene rings is 1. The zero-order chi connectivity index (χ0) is 20.3. The minimum absolute atomic E-state index is 0.0913. The highest BCUT2D eigenvalue weighted by Crippen LogP contribution is 2.31. The molecular formula is C20H21N3O3S2. The number of allylic oxidation sites excluding steroid dienone is 1. The number of amides is 1. The molecule has 2 N–H and O–H groups in total. The highest BCUT2D eigenvalue weighted by atomic mass is 32.1. The smallest absolute Gasteiger partial charge is 0.337 e. The largest absolute Gasteiger partial charge is 0.466 e. The number of carbonyl (C=O) groups is 2. The Labute approximate surface area is 173 Å². The van der Waals surface area contributed by atoms with Gasteiger partial charge in [-0.3, -0.25) is 4.79 Å². The Hall–Kier alpha value is -2.71. The van der Waals surface area contributed by atoms with E-state index in [1.165, 1.54) is 7.11 Å². The van der Waals surface area contributed by atoms with E-state index in [-0.39, 0.29) is 5.91 Å². The number of esters is 1. The molecule has 1 aliphatic rings. The number of thiocarbonyl (C=S) groups is 1. The van der Waals surface area contributed by atoms with Crippen LogP contribution in [0.1, 0.15) is 23.4 Å². The highest BCUT2D eigenvalue weighted by molar-refractivity contribution is 7.80. The summed E-state index contributed by atoms with van der Waals surface area (Å²) in [5.41, 5.74) is 2.69. The number of ether oxygens (including phenoxy) is 1. The van der Waals surface area contributed by atoms with Gasteiger partial charge in [0.15, 0.2) is 5.11 Å². The fourth-order valence-electron chi connectivity index (χ4n) is 3.03. The first-order valence-corrected chi connectivity index (χ1v) is 9.95. The zero-order valence-electron chi connectivity index (χ0n) is 15.8. The van der Waals surface area contributed by atoms with Crippen LogP contribution in [0.5, 0.6) is 0 Å². The molecule has 28 heavy (non-hydrogen) atoms. The Bertz CT molecular complexity index is 938. The number of rotatable bonds is 5. The summed E-state index contributed by atoms with van der Waals surface area (Å²) in [6.07, 6.45) is 0.324. The summed E-state index contributed by atoms with van der Waals surface area (Å²) in [6.45, 7) is 1.83. The Balaban J connectivity index is 1.86. The van der Waals surface area contributed by atoms with Gasteiger partial charge >= 0.3 is 5.97 Å². The van der Waals surface area contributed by atoms with Crippen LogP contribution in [-0.4, -0.2) is 36.0 Å². The number of hydrogen-bond acceptors (Lipinski definition) is 5. The van der Waals surface area contributed by atoms with Gasteiger partial charge in [0.25, 0.3) is 0 Å². The van der Waals surface area contributed by atoms with Gasteiger partial charge in [-0.25, -0.2) is 4.79 Å². The van der Waals surface area contributed by atoms with Crippen molar-refractivity contribution in [3.8, 4) is 0 Å². The van der Waals surface area contributed by atoms with Crippen LogP contribution < -0.4 is 10.6 Å². The Kier molecular flexibility index (Phi) is 6.11. The van der Waals surface area contributed by atoms with Crippen molar-refractivity contribution in [2.24, 2.45) is 0 Å². The molecule has 2 aromatic rings. The van der Waals surface area contributed by atoms with Crippen molar-refractivity contribution in [2.45, 2.75) is 19.4 Å². The van der Waals surface area contributed by atoms with Crippen LogP contribution in [0.25, 0.3) is 0 Å². The van der Waals surface area contributed by atoms with E-state index in [0.717, 1.165) is 16.1 Å². The van der Waals surface area contributed by atoms with Crippen LogP contribution in [0.4, 0.5) is 5.69 Å². The van der Waals surface area contributed by atoms with Crippen molar-refractivity contribution in [1.82, 2.24) is 10.2 Å². The van der Waals surface area contributed by atoms with Gasteiger partial charge in [0, 0.05) is 23.3 Å². The van der Waals surface area contributed by atoms with Crippen LogP contribution in [0, 0.1) is 0 Å². The highest BCUT2D eigenvalue weighted by Gasteiger charge is 2.33. The molecule has 1 atom stereocenters. The summed E-state index contributed by atoms with van der Waals surface area (Å²) in [6, 6.07) is 10.8. The van der Waals surface area contributed by atoms with Crippen LogP contribution in [0.15, 0.2) is 53.0 Å². The summed E-state index contributed by atoms with van der Waals surface area (Å²) in [5, 5.41) is 8.56. The number of methoxy groups -OCH3 is 1. The summed E-state index contributed by atoms with van der Waals surface area (Å²) in [7, 11) is 3.15. The molecule has 146 valence electrons. The minimum atomic E-state index is -0.453.